The molecule has 2 fully saturated rings. The molecule has 140 valence electrons. The largest absolute Gasteiger partial charge is 0.504 e. The van der Waals surface area contributed by atoms with Gasteiger partial charge in [-0.2, -0.15) is 0 Å². The van der Waals surface area contributed by atoms with E-state index in [0.717, 1.165) is 0 Å². The summed E-state index contributed by atoms with van der Waals surface area (Å²) < 4.78 is 11.0. The van der Waals surface area contributed by atoms with E-state index in [2.05, 4.69) is 0 Å². The molecule has 26 heavy (non-hydrogen) atoms. The number of hydrogen-bond donors (Lipinski definition) is 2. The van der Waals surface area contributed by atoms with E-state index >= 15 is 0 Å². The Kier molecular flexibility index (Phi) is 3.45. The fourth-order valence-corrected chi connectivity index (χ4v) is 5.81. The summed E-state index contributed by atoms with van der Waals surface area (Å²) in [7, 11) is 0. The van der Waals surface area contributed by atoms with Gasteiger partial charge in [0.15, 0.2) is 11.5 Å². The van der Waals surface area contributed by atoms with Gasteiger partial charge in [-0.25, -0.2) is 4.79 Å². The van der Waals surface area contributed by atoms with Crippen molar-refractivity contribution in [2.75, 3.05) is 6.61 Å². The van der Waals surface area contributed by atoms with Crippen LogP contribution in [0.1, 0.15) is 33.6 Å². The number of ketones is 1. The summed E-state index contributed by atoms with van der Waals surface area (Å²) in [4.78, 5) is 36.6. The number of rotatable bonds is 2. The van der Waals surface area contributed by atoms with E-state index in [1.165, 1.54) is 6.08 Å². The topological polar surface area (TPSA) is 110 Å². The van der Waals surface area contributed by atoms with Gasteiger partial charge in [-0.3, -0.25) is 9.59 Å². The third-order valence-electron chi connectivity index (χ3n) is 6.86. The van der Waals surface area contributed by atoms with Crippen LogP contribution in [-0.4, -0.2) is 46.7 Å². The monoisotopic (exact) mass is 362 g/mol. The van der Waals surface area contributed by atoms with Gasteiger partial charge in [0.2, 0.25) is 0 Å². The molecule has 2 aliphatic carbocycles. The van der Waals surface area contributed by atoms with Crippen molar-refractivity contribution in [3.63, 3.8) is 0 Å². The number of Topliss-reactive ketones (excluding diaryl/α,β-unsaturated/α-hetero) is 1. The number of esters is 2. The highest BCUT2D eigenvalue weighted by Gasteiger charge is 2.71. The van der Waals surface area contributed by atoms with Crippen molar-refractivity contribution in [1.29, 1.82) is 0 Å². The minimum atomic E-state index is -1.03. The number of allylic oxidation sites excluding steroid dienone is 1. The Balaban J connectivity index is 1.96. The quantitative estimate of drug-likeness (QED) is 0.711. The lowest BCUT2D eigenvalue weighted by atomic mass is 9.56. The summed E-state index contributed by atoms with van der Waals surface area (Å²) in [6, 6.07) is 0. The van der Waals surface area contributed by atoms with Crippen LogP contribution in [0.2, 0.25) is 0 Å². The summed E-state index contributed by atoms with van der Waals surface area (Å²) in [6.45, 7) is 4.86. The summed E-state index contributed by atoms with van der Waals surface area (Å²) in [5, 5.41) is 21.2. The molecule has 0 aromatic rings. The number of aliphatic hydroxyl groups is 2. The zero-order valence-corrected chi connectivity index (χ0v) is 14.9. The van der Waals surface area contributed by atoms with Crippen LogP contribution in [0, 0.1) is 22.7 Å². The predicted molar refractivity (Wildman–Crippen MR) is 87.7 cm³/mol. The molecule has 4 aliphatic rings. The van der Waals surface area contributed by atoms with E-state index in [-0.39, 0.29) is 25.2 Å². The molecular formula is C19H22O7. The first kappa shape index (κ1) is 17.3. The number of carbonyl (C=O) groups is 3. The molecule has 0 bridgehead atoms. The van der Waals surface area contributed by atoms with Crippen LogP contribution in [0.4, 0.5) is 0 Å². The van der Waals surface area contributed by atoms with Crippen LogP contribution in [0.15, 0.2) is 23.0 Å². The van der Waals surface area contributed by atoms with E-state index in [1.54, 1.807) is 20.8 Å². The highest BCUT2D eigenvalue weighted by Crippen LogP contribution is 2.67. The van der Waals surface area contributed by atoms with Crippen LogP contribution in [-0.2, 0) is 23.9 Å². The molecule has 0 spiro atoms. The lowest BCUT2D eigenvalue weighted by Crippen LogP contribution is -2.56. The zero-order chi connectivity index (χ0) is 19.0. The maximum Gasteiger partial charge on any atom is 0.331 e. The lowest BCUT2D eigenvalue weighted by Gasteiger charge is -2.50. The maximum atomic E-state index is 12.7. The van der Waals surface area contributed by atoms with Gasteiger partial charge in [-0.1, -0.05) is 13.8 Å². The third kappa shape index (κ3) is 1.84. The fraction of sp³-hybridized carbons (Fsp3) is 0.632. The highest BCUT2D eigenvalue weighted by atomic mass is 16.6. The Bertz CT molecular complexity index is 794. The van der Waals surface area contributed by atoms with Crippen LogP contribution in [0.3, 0.4) is 0 Å². The van der Waals surface area contributed by atoms with Crippen molar-refractivity contribution in [3.8, 4) is 0 Å². The molecule has 7 heteroatoms. The number of ether oxygens (including phenoxy) is 2. The van der Waals surface area contributed by atoms with Crippen molar-refractivity contribution in [2.24, 2.45) is 22.7 Å². The second kappa shape index (κ2) is 5.19. The Morgan fingerprint density at radius 1 is 1.27 bits per heavy atom. The van der Waals surface area contributed by atoms with Gasteiger partial charge in [0, 0.05) is 17.4 Å². The number of carbonyl (C=O) groups excluding carboxylic acids is 3. The number of hydrogen-bond acceptors (Lipinski definition) is 7. The molecule has 6 atom stereocenters. The Morgan fingerprint density at radius 3 is 2.54 bits per heavy atom. The molecule has 1 saturated carbocycles. The third-order valence-corrected chi connectivity index (χ3v) is 6.86. The first-order chi connectivity index (χ1) is 12.2. The Morgan fingerprint density at radius 2 is 1.96 bits per heavy atom. The molecule has 4 rings (SSSR count). The zero-order valence-electron chi connectivity index (χ0n) is 14.9. The van der Waals surface area contributed by atoms with E-state index in [1.807, 2.05) is 0 Å². The molecule has 0 radical (unpaired) electrons. The first-order valence-electron chi connectivity index (χ1n) is 8.84. The van der Waals surface area contributed by atoms with Gasteiger partial charge in [0.05, 0.1) is 18.4 Å². The van der Waals surface area contributed by atoms with Gasteiger partial charge in [-0.15, -0.1) is 0 Å². The van der Waals surface area contributed by atoms with Crippen molar-refractivity contribution in [3.05, 3.63) is 23.0 Å². The maximum absolute atomic E-state index is 12.7. The van der Waals surface area contributed by atoms with Crippen molar-refractivity contribution in [2.45, 2.75) is 45.8 Å². The smallest absolute Gasteiger partial charge is 0.331 e. The molecule has 2 N–H and O–H groups in total. The molecule has 0 amide bonds. The number of cyclic esters (lactones) is 1. The minimum absolute atomic E-state index is 0.0100. The summed E-state index contributed by atoms with van der Waals surface area (Å²) >= 11 is 0. The second-order valence-corrected chi connectivity index (χ2v) is 8.19. The molecule has 0 aromatic carbocycles. The predicted octanol–water partition coefficient (Wildman–Crippen LogP) is 1.21. The molecule has 2 unspecified atom stereocenters. The molecule has 1 saturated heterocycles. The number of aliphatic hydroxyl groups excluding tert-OH is 2. The molecular weight excluding hydrogens is 340 g/mol. The normalized spacial score (nSPS) is 44.6. The van der Waals surface area contributed by atoms with Gasteiger partial charge in [0.1, 0.15) is 12.2 Å². The Labute approximate surface area is 150 Å². The van der Waals surface area contributed by atoms with Crippen molar-refractivity contribution in [1.82, 2.24) is 0 Å². The summed E-state index contributed by atoms with van der Waals surface area (Å²) in [6.07, 6.45) is 0.303. The molecule has 2 aliphatic heterocycles. The molecule has 0 aromatic heterocycles. The Hall–Kier alpha value is -2.15. The average molecular weight is 362 g/mol. The van der Waals surface area contributed by atoms with Crippen LogP contribution in [0.25, 0.3) is 0 Å². The average Bonchev–Trinajstić information content (AvgIpc) is 3.05. The summed E-state index contributed by atoms with van der Waals surface area (Å²) in [5.74, 6) is -2.79. The molecule has 2 heterocycles. The van der Waals surface area contributed by atoms with Gasteiger partial charge in [0.25, 0.3) is 0 Å². The van der Waals surface area contributed by atoms with Crippen LogP contribution < -0.4 is 0 Å². The van der Waals surface area contributed by atoms with Gasteiger partial charge < -0.3 is 19.7 Å². The standard InChI is InChI=1S/C19H22O7/c1-8-4-12(21)26-17(8)18(3)6-11-19(7-20)10(5-13(22)25-11)9(2)14(23)15(24)16(18)19/h4,9-11,17,20,24H,5-7H2,1-3H3/t9?,10?,11-,17-,18-,19+/m1/s1. The van der Waals surface area contributed by atoms with Crippen molar-refractivity contribution < 1.29 is 34.1 Å². The SMILES string of the molecule is CC1=CC(=O)O[C@H]1[C@]1(C)C[C@H]2OC(=O)CC3C(C)C(=O)C(O)=C1[C@@]32CO. The van der Waals surface area contributed by atoms with Crippen LogP contribution in [0.5, 0.6) is 0 Å². The fourth-order valence-electron chi connectivity index (χ4n) is 5.81. The van der Waals surface area contributed by atoms with E-state index in [0.29, 0.717) is 11.1 Å². The van der Waals surface area contributed by atoms with E-state index in [4.69, 9.17) is 9.47 Å². The lowest BCUT2D eigenvalue weighted by molar-refractivity contribution is -0.177. The molecule has 7 nitrogen and oxygen atoms in total. The second-order valence-electron chi connectivity index (χ2n) is 8.19. The summed E-state index contributed by atoms with van der Waals surface area (Å²) in [5.41, 5.74) is -0.929. The van der Waals surface area contributed by atoms with Gasteiger partial charge in [-0.05, 0) is 30.4 Å². The highest BCUT2D eigenvalue weighted by molar-refractivity contribution is 5.98. The van der Waals surface area contributed by atoms with Gasteiger partial charge >= 0.3 is 11.9 Å². The first-order valence-corrected chi connectivity index (χ1v) is 8.84. The van der Waals surface area contributed by atoms with E-state index < -0.39 is 52.6 Å². The van der Waals surface area contributed by atoms with E-state index in [9.17, 15) is 24.6 Å². The minimum Gasteiger partial charge on any atom is -0.504 e. The van der Waals surface area contributed by atoms with Crippen LogP contribution >= 0.6 is 0 Å². The van der Waals surface area contributed by atoms with Crippen molar-refractivity contribution >= 4 is 17.7 Å².